The summed E-state index contributed by atoms with van der Waals surface area (Å²) in [5.41, 5.74) is 2.30. The van der Waals surface area contributed by atoms with E-state index in [1.807, 2.05) is 30.5 Å². The molecule has 0 unspecified atom stereocenters. The number of benzene rings is 1. The highest BCUT2D eigenvalue weighted by Crippen LogP contribution is 2.21. The standard InChI is InChI=1S/C14H11N3O/c18-14(11-4-7-15-8-5-11)17-12-3-1-2-10-6-9-16-13(10)12/h1-9,16H,(H,17,18). The summed E-state index contributed by atoms with van der Waals surface area (Å²) in [6.45, 7) is 0. The highest BCUT2D eigenvalue weighted by molar-refractivity contribution is 6.08. The molecular weight excluding hydrogens is 226 g/mol. The molecule has 1 amide bonds. The Hall–Kier alpha value is -2.62. The Bertz CT molecular complexity index is 688. The van der Waals surface area contributed by atoms with Crippen molar-refractivity contribution in [3.63, 3.8) is 0 Å². The van der Waals surface area contributed by atoms with E-state index in [1.54, 1.807) is 24.5 Å². The Morgan fingerprint density at radius 1 is 1.11 bits per heavy atom. The van der Waals surface area contributed by atoms with Gasteiger partial charge in [-0.2, -0.15) is 0 Å². The first kappa shape index (κ1) is 10.5. The molecule has 0 atom stereocenters. The summed E-state index contributed by atoms with van der Waals surface area (Å²) in [7, 11) is 0. The van der Waals surface area contributed by atoms with Gasteiger partial charge < -0.3 is 10.3 Å². The fourth-order valence-electron chi connectivity index (χ4n) is 1.89. The van der Waals surface area contributed by atoms with Gasteiger partial charge in [0.1, 0.15) is 0 Å². The van der Waals surface area contributed by atoms with Gasteiger partial charge in [-0.15, -0.1) is 0 Å². The van der Waals surface area contributed by atoms with Gasteiger partial charge in [0.05, 0.1) is 11.2 Å². The zero-order valence-corrected chi connectivity index (χ0v) is 9.55. The molecule has 0 aliphatic heterocycles. The van der Waals surface area contributed by atoms with Crippen molar-refractivity contribution in [1.82, 2.24) is 9.97 Å². The topological polar surface area (TPSA) is 57.8 Å². The molecule has 0 saturated heterocycles. The lowest BCUT2D eigenvalue weighted by molar-refractivity contribution is 0.102. The molecule has 2 N–H and O–H groups in total. The monoisotopic (exact) mass is 237 g/mol. The maximum Gasteiger partial charge on any atom is 0.255 e. The van der Waals surface area contributed by atoms with Gasteiger partial charge >= 0.3 is 0 Å². The summed E-state index contributed by atoms with van der Waals surface area (Å²) in [5.74, 6) is -0.139. The molecule has 0 bridgehead atoms. The van der Waals surface area contributed by atoms with Crippen molar-refractivity contribution in [2.45, 2.75) is 0 Å². The number of hydrogen-bond donors (Lipinski definition) is 2. The maximum atomic E-state index is 12.0. The molecule has 0 fully saturated rings. The van der Waals surface area contributed by atoms with Crippen molar-refractivity contribution in [2.75, 3.05) is 5.32 Å². The van der Waals surface area contributed by atoms with Crippen LogP contribution < -0.4 is 5.32 Å². The van der Waals surface area contributed by atoms with E-state index in [-0.39, 0.29) is 5.91 Å². The number of carbonyl (C=O) groups is 1. The van der Waals surface area contributed by atoms with Crippen LogP contribution in [0, 0.1) is 0 Å². The van der Waals surface area contributed by atoms with Crippen molar-refractivity contribution >= 4 is 22.5 Å². The molecule has 88 valence electrons. The van der Waals surface area contributed by atoms with E-state index in [0.29, 0.717) is 5.56 Å². The van der Waals surface area contributed by atoms with Crippen molar-refractivity contribution in [3.8, 4) is 0 Å². The average molecular weight is 237 g/mol. The summed E-state index contributed by atoms with van der Waals surface area (Å²) in [4.78, 5) is 19.0. The van der Waals surface area contributed by atoms with E-state index in [0.717, 1.165) is 16.6 Å². The first-order chi connectivity index (χ1) is 8.84. The van der Waals surface area contributed by atoms with Crippen LogP contribution in [0.1, 0.15) is 10.4 Å². The van der Waals surface area contributed by atoms with Crippen molar-refractivity contribution in [2.24, 2.45) is 0 Å². The van der Waals surface area contributed by atoms with Crippen LogP contribution in [0.2, 0.25) is 0 Å². The van der Waals surface area contributed by atoms with E-state index in [4.69, 9.17) is 0 Å². The molecular formula is C14H11N3O. The second-order valence-electron chi connectivity index (χ2n) is 3.94. The smallest absolute Gasteiger partial charge is 0.255 e. The van der Waals surface area contributed by atoms with Crippen LogP contribution in [-0.4, -0.2) is 15.9 Å². The average Bonchev–Trinajstić information content (AvgIpc) is 2.89. The van der Waals surface area contributed by atoms with Gasteiger partial charge in [-0.3, -0.25) is 9.78 Å². The summed E-state index contributed by atoms with van der Waals surface area (Å²) < 4.78 is 0. The second kappa shape index (κ2) is 4.33. The molecule has 3 aromatic rings. The van der Waals surface area contributed by atoms with Gasteiger partial charge in [0.15, 0.2) is 0 Å². The Balaban J connectivity index is 1.93. The third-order valence-corrected chi connectivity index (χ3v) is 2.78. The zero-order chi connectivity index (χ0) is 12.4. The summed E-state index contributed by atoms with van der Waals surface area (Å²) >= 11 is 0. The Labute approximate surface area is 104 Å². The number of anilines is 1. The quantitative estimate of drug-likeness (QED) is 0.720. The number of aromatic nitrogens is 2. The molecule has 0 aliphatic carbocycles. The molecule has 4 nitrogen and oxygen atoms in total. The SMILES string of the molecule is O=C(Nc1cccc2cc[nH]c12)c1ccncc1. The number of para-hydroxylation sites is 1. The van der Waals surface area contributed by atoms with Crippen LogP contribution in [0.25, 0.3) is 10.9 Å². The van der Waals surface area contributed by atoms with Crippen LogP contribution in [0.4, 0.5) is 5.69 Å². The van der Waals surface area contributed by atoms with E-state index in [1.165, 1.54) is 0 Å². The lowest BCUT2D eigenvalue weighted by atomic mass is 10.2. The summed E-state index contributed by atoms with van der Waals surface area (Å²) in [6, 6.07) is 11.1. The Morgan fingerprint density at radius 3 is 2.78 bits per heavy atom. The number of nitrogens with one attached hydrogen (secondary N) is 2. The third kappa shape index (κ3) is 1.84. The van der Waals surface area contributed by atoms with E-state index < -0.39 is 0 Å². The largest absolute Gasteiger partial charge is 0.359 e. The van der Waals surface area contributed by atoms with E-state index >= 15 is 0 Å². The van der Waals surface area contributed by atoms with Gasteiger partial charge in [0.25, 0.3) is 5.91 Å². The molecule has 0 radical (unpaired) electrons. The number of aromatic amines is 1. The van der Waals surface area contributed by atoms with Crippen LogP contribution in [-0.2, 0) is 0 Å². The van der Waals surface area contributed by atoms with Crippen molar-refractivity contribution in [1.29, 1.82) is 0 Å². The van der Waals surface area contributed by atoms with Gasteiger partial charge in [0.2, 0.25) is 0 Å². The lowest BCUT2D eigenvalue weighted by Gasteiger charge is -2.06. The molecule has 0 saturated carbocycles. The van der Waals surface area contributed by atoms with Crippen LogP contribution in [0.3, 0.4) is 0 Å². The normalized spacial score (nSPS) is 10.4. The molecule has 0 aliphatic rings. The van der Waals surface area contributed by atoms with Gasteiger partial charge in [-0.1, -0.05) is 12.1 Å². The molecule has 2 heterocycles. The van der Waals surface area contributed by atoms with Crippen LogP contribution in [0.5, 0.6) is 0 Å². The second-order valence-corrected chi connectivity index (χ2v) is 3.94. The minimum atomic E-state index is -0.139. The number of amides is 1. The summed E-state index contributed by atoms with van der Waals surface area (Å²) in [5, 5.41) is 3.96. The highest BCUT2D eigenvalue weighted by Gasteiger charge is 2.08. The fourth-order valence-corrected chi connectivity index (χ4v) is 1.89. The minimum Gasteiger partial charge on any atom is -0.359 e. The maximum absolute atomic E-state index is 12.0. The van der Waals surface area contributed by atoms with Crippen LogP contribution >= 0.6 is 0 Å². The molecule has 4 heteroatoms. The predicted octanol–water partition coefficient (Wildman–Crippen LogP) is 2.82. The Kier molecular flexibility index (Phi) is 2.53. The predicted molar refractivity (Wildman–Crippen MR) is 70.5 cm³/mol. The molecule has 3 rings (SSSR count). The number of pyridine rings is 1. The van der Waals surface area contributed by atoms with Gasteiger partial charge in [-0.05, 0) is 24.3 Å². The van der Waals surface area contributed by atoms with Crippen molar-refractivity contribution < 1.29 is 4.79 Å². The Morgan fingerprint density at radius 2 is 1.94 bits per heavy atom. The molecule has 0 spiro atoms. The van der Waals surface area contributed by atoms with E-state index in [2.05, 4.69) is 15.3 Å². The fraction of sp³-hybridized carbons (Fsp3) is 0. The molecule has 18 heavy (non-hydrogen) atoms. The summed E-state index contributed by atoms with van der Waals surface area (Å²) in [6.07, 6.45) is 5.06. The number of hydrogen-bond acceptors (Lipinski definition) is 2. The zero-order valence-electron chi connectivity index (χ0n) is 9.55. The lowest BCUT2D eigenvalue weighted by Crippen LogP contribution is -2.12. The van der Waals surface area contributed by atoms with E-state index in [9.17, 15) is 4.79 Å². The minimum absolute atomic E-state index is 0.139. The first-order valence-electron chi connectivity index (χ1n) is 5.62. The molecule has 1 aromatic carbocycles. The number of rotatable bonds is 2. The number of nitrogens with zero attached hydrogens (tertiary/aromatic N) is 1. The van der Waals surface area contributed by atoms with Gasteiger partial charge in [-0.25, -0.2) is 0 Å². The number of H-pyrrole nitrogens is 1. The number of fused-ring (bicyclic) bond motifs is 1. The molecule has 2 aromatic heterocycles. The van der Waals surface area contributed by atoms with Crippen molar-refractivity contribution in [3.05, 3.63) is 60.6 Å². The van der Waals surface area contributed by atoms with Crippen LogP contribution in [0.15, 0.2) is 55.0 Å². The third-order valence-electron chi connectivity index (χ3n) is 2.78. The first-order valence-corrected chi connectivity index (χ1v) is 5.62. The number of carbonyl (C=O) groups excluding carboxylic acids is 1. The highest BCUT2D eigenvalue weighted by atomic mass is 16.1. The van der Waals surface area contributed by atoms with Gasteiger partial charge in [0, 0.05) is 29.5 Å².